The quantitative estimate of drug-likeness (QED) is 0.562. The van der Waals surface area contributed by atoms with E-state index >= 15 is 0 Å². The number of carbonyl (C=O) groups excluding carboxylic acids is 2. The molecule has 2 heterocycles. The van der Waals surface area contributed by atoms with Crippen LogP contribution >= 0.6 is 0 Å². The van der Waals surface area contributed by atoms with E-state index in [1.807, 2.05) is 24.3 Å². The maximum Gasteiger partial charge on any atom is 0.312 e. The topological polar surface area (TPSA) is 67.9 Å². The van der Waals surface area contributed by atoms with Gasteiger partial charge in [-0.3, -0.25) is 14.5 Å². The second-order valence-corrected chi connectivity index (χ2v) is 8.93. The summed E-state index contributed by atoms with van der Waals surface area (Å²) in [6.45, 7) is 8.00. The molecule has 1 N–H and O–H groups in total. The van der Waals surface area contributed by atoms with Gasteiger partial charge in [-0.2, -0.15) is 0 Å². The Morgan fingerprint density at radius 2 is 2.00 bits per heavy atom. The summed E-state index contributed by atoms with van der Waals surface area (Å²) in [5.41, 5.74) is 1.41. The van der Waals surface area contributed by atoms with Gasteiger partial charge in [0.2, 0.25) is 0 Å². The third-order valence-electron chi connectivity index (χ3n) is 6.78. The number of nitrogens with one attached hydrogen (secondary N) is 1. The van der Waals surface area contributed by atoms with E-state index in [9.17, 15) is 9.59 Å². The van der Waals surface area contributed by atoms with E-state index in [1.165, 1.54) is 0 Å². The van der Waals surface area contributed by atoms with Crippen LogP contribution in [0.3, 0.4) is 0 Å². The Morgan fingerprint density at radius 3 is 2.76 bits per heavy atom. The lowest BCUT2D eigenvalue weighted by Crippen LogP contribution is -2.38. The molecule has 6 nitrogen and oxygen atoms in total. The zero-order chi connectivity index (χ0) is 20.3. The molecule has 1 saturated carbocycles. The van der Waals surface area contributed by atoms with Gasteiger partial charge >= 0.3 is 5.97 Å². The number of hydrogen-bond donors (Lipinski definition) is 1. The van der Waals surface area contributed by atoms with Crippen molar-refractivity contribution in [3.8, 4) is 0 Å². The first-order valence-corrected chi connectivity index (χ1v) is 10.9. The molecule has 0 bridgehead atoms. The lowest BCUT2D eigenvalue weighted by atomic mass is 9.75. The molecule has 1 amide bonds. The molecule has 1 aliphatic carbocycles. The summed E-state index contributed by atoms with van der Waals surface area (Å²) in [5.74, 6) is 0.827. The van der Waals surface area contributed by atoms with E-state index in [1.54, 1.807) is 0 Å². The van der Waals surface area contributed by atoms with Crippen LogP contribution in [-0.2, 0) is 20.7 Å². The maximum absolute atomic E-state index is 12.5. The standard InChI is InChI=1S/C23H32N2O4/c1-17-13-20-16-29-22(27)23(20,14-17)15-18-3-5-19(6-4-18)21(26)24-7-2-8-25-9-11-28-12-10-25/h3-6,17,20H,2,7-16H2,1H3,(H,24,26)/t17?,20-,23+/m1/s1. The molecule has 4 rings (SSSR count). The molecule has 0 aromatic heterocycles. The van der Waals surface area contributed by atoms with Crippen LogP contribution in [0.2, 0.25) is 0 Å². The molecule has 2 saturated heterocycles. The highest BCUT2D eigenvalue weighted by Crippen LogP contribution is 2.52. The van der Waals surface area contributed by atoms with Crippen molar-refractivity contribution in [1.29, 1.82) is 0 Å². The summed E-state index contributed by atoms with van der Waals surface area (Å²) >= 11 is 0. The summed E-state index contributed by atoms with van der Waals surface area (Å²) in [4.78, 5) is 27.2. The fourth-order valence-corrected chi connectivity index (χ4v) is 5.24. The Labute approximate surface area is 172 Å². The molecule has 3 atom stereocenters. The van der Waals surface area contributed by atoms with E-state index in [2.05, 4.69) is 17.1 Å². The van der Waals surface area contributed by atoms with E-state index in [4.69, 9.17) is 9.47 Å². The Morgan fingerprint density at radius 1 is 1.24 bits per heavy atom. The number of benzene rings is 1. The van der Waals surface area contributed by atoms with Crippen molar-refractivity contribution >= 4 is 11.9 Å². The summed E-state index contributed by atoms with van der Waals surface area (Å²) in [5, 5.41) is 3.01. The van der Waals surface area contributed by atoms with Crippen molar-refractivity contribution in [3.05, 3.63) is 35.4 Å². The molecule has 0 radical (unpaired) electrons. The molecule has 29 heavy (non-hydrogen) atoms. The van der Waals surface area contributed by atoms with Crippen LogP contribution in [0.1, 0.15) is 42.1 Å². The van der Waals surface area contributed by atoms with E-state index in [0.717, 1.165) is 57.7 Å². The van der Waals surface area contributed by atoms with E-state index in [0.29, 0.717) is 37.0 Å². The third kappa shape index (κ3) is 4.48. The van der Waals surface area contributed by atoms with Crippen LogP contribution in [-0.4, -0.2) is 62.8 Å². The highest BCUT2D eigenvalue weighted by molar-refractivity contribution is 5.94. The molecule has 158 valence electrons. The lowest BCUT2D eigenvalue weighted by molar-refractivity contribution is -0.146. The monoisotopic (exact) mass is 400 g/mol. The molecule has 0 spiro atoms. The fourth-order valence-electron chi connectivity index (χ4n) is 5.24. The number of rotatable bonds is 7. The summed E-state index contributed by atoms with van der Waals surface area (Å²) in [6.07, 6.45) is 3.62. The van der Waals surface area contributed by atoms with Crippen LogP contribution in [0.5, 0.6) is 0 Å². The van der Waals surface area contributed by atoms with E-state index in [-0.39, 0.29) is 17.3 Å². The smallest absolute Gasteiger partial charge is 0.312 e. The fraction of sp³-hybridized carbons (Fsp3) is 0.652. The third-order valence-corrected chi connectivity index (χ3v) is 6.78. The Balaban J connectivity index is 1.27. The number of hydrogen-bond acceptors (Lipinski definition) is 5. The molecule has 1 unspecified atom stereocenters. The van der Waals surface area contributed by atoms with E-state index < -0.39 is 0 Å². The number of nitrogens with zero attached hydrogens (tertiary/aromatic N) is 1. The highest BCUT2D eigenvalue weighted by atomic mass is 16.5. The first-order valence-electron chi connectivity index (χ1n) is 10.9. The Hall–Kier alpha value is -1.92. The predicted molar refractivity (Wildman–Crippen MR) is 110 cm³/mol. The number of amides is 1. The Kier molecular flexibility index (Phi) is 6.20. The summed E-state index contributed by atoms with van der Waals surface area (Å²) < 4.78 is 10.7. The molecule has 3 aliphatic rings. The minimum Gasteiger partial charge on any atom is -0.465 e. The molecular weight excluding hydrogens is 368 g/mol. The number of ether oxygens (including phenoxy) is 2. The van der Waals surface area contributed by atoms with Gasteiger partial charge in [0.1, 0.15) is 0 Å². The van der Waals surface area contributed by atoms with Crippen molar-refractivity contribution in [1.82, 2.24) is 10.2 Å². The van der Waals surface area contributed by atoms with Gasteiger partial charge in [0.05, 0.1) is 25.2 Å². The summed E-state index contributed by atoms with van der Waals surface area (Å²) in [7, 11) is 0. The van der Waals surface area contributed by atoms with Crippen molar-refractivity contribution in [3.63, 3.8) is 0 Å². The highest BCUT2D eigenvalue weighted by Gasteiger charge is 2.56. The normalized spacial score (nSPS) is 29.5. The minimum absolute atomic E-state index is 0.0334. The molecule has 3 fully saturated rings. The second kappa shape index (κ2) is 8.84. The first kappa shape index (κ1) is 20.4. The van der Waals surface area contributed by atoms with Gasteiger partial charge in [-0.15, -0.1) is 0 Å². The van der Waals surface area contributed by atoms with Crippen LogP contribution in [0.25, 0.3) is 0 Å². The number of cyclic esters (lactones) is 1. The second-order valence-electron chi connectivity index (χ2n) is 8.93. The molecule has 6 heteroatoms. The van der Waals surface area contributed by atoms with Crippen molar-refractivity contribution < 1.29 is 19.1 Å². The number of fused-ring (bicyclic) bond motifs is 1. The van der Waals surface area contributed by atoms with Gasteiger partial charge in [-0.25, -0.2) is 0 Å². The van der Waals surface area contributed by atoms with Crippen LogP contribution in [0.4, 0.5) is 0 Å². The van der Waals surface area contributed by atoms with Gasteiger partial charge in [0.25, 0.3) is 5.91 Å². The van der Waals surface area contributed by atoms with Crippen molar-refractivity contribution in [2.45, 2.75) is 32.6 Å². The minimum atomic E-state index is -0.358. The van der Waals surface area contributed by atoms with Crippen LogP contribution < -0.4 is 5.32 Å². The van der Waals surface area contributed by atoms with Crippen molar-refractivity contribution in [2.24, 2.45) is 17.3 Å². The first-order chi connectivity index (χ1) is 14.1. The van der Waals surface area contributed by atoms with Gasteiger partial charge in [0.15, 0.2) is 0 Å². The number of morpholine rings is 1. The molecule has 1 aromatic rings. The number of carbonyl (C=O) groups is 2. The largest absolute Gasteiger partial charge is 0.465 e. The predicted octanol–water partition coefficient (Wildman–Crippen LogP) is 2.27. The van der Waals surface area contributed by atoms with Crippen molar-refractivity contribution in [2.75, 3.05) is 46.0 Å². The number of esters is 1. The lowest BCUT2D eigenvalue weighted by Gasteiger charge is -2.26. The zero-order valence-electron chi connectivity index (χ0n) is 17.3. The van der Waals surface area contributed by atoms with Crippen LogP contribution in [0, 0.1) is 17.3 Å². The summed E-state index contributed by atoms with van der Waals surface area (Å²) in [6, 6.07) is 7.72. The molecule has 1 aromatic carbocycles. The van der Waals surface area contributed by atoms with Gasteiger partial charge in [-0.05, 0) is 55.8 Å². The average Bonchev–Trinajstić information content (AvgIpc) is 3.20. The van der Waals surface area contributed by atoms with Gasteiger partial charge in [0, 0.05) is 31.1 Å². The molecule has 2 aliphatic heterocycles. The molecular formula is C23H32N2O4. The SMILES string of the molecule is CC1C[C@@H]2COC(=O)[C@]2(Cc2ccc(C(=O)NCCCN3CCOCC3)cc2)C1. The van der Waals surface area contributed by atoms with Gasteiger partial charge in [-0.1, -0.05) is 19.1 Å². The Bertz CT molecular complexity index is 729. The zero-order valence-corrected chi connectivity index (χ0v) is 17.3. The van der Waals surface area contributed by atoms with Crippen LogP contribution in [0.15, 0.2) is 24.3 Å². The maximum atomic E-state index is 12.5. The average molecular weight is 401 g/mol. The van der Waals surface area contributed by atoms with Gasteiger partial charge < -0.3 is 14.8 Å².